The van der Waals surface area contributed by atoms with Crippen molar-refractivity contribution in [1.29, 1.82) is 0 Å². The van der Waals surface area contributed by atoms with E-state index in [1.807, 2.05) is 19.9 Å². The lowest BCUT2D eigenvalue weighted by Gasteiger charge is -2.39. The normalized spacial score (nSPS) is 34.4. The minimum absolute atomic E-state index is 0.166. The quantitative estimate of drug-likeness (QED) is 0.774. The fraction of sp³-hybridized carbons (Fsp3) is 0.857. The van der Waals surface area contributed by atoms with E-state index < -0.39 is 11.9 Å². The van der Waals surface area contributed by atoms with Crippen LogP contribution in [0.4, 0.5) is 0 Å². The maximum absolute atomic E-state index is 10.5. The molecule has 2 saturated heterocycles. The van der Waals surface area contributed by atoms with Crippen LogP contribution < -0.4 is 0 Å². The van der Waals surface area contributed by atoms with Crippen molar-refractivity contribution >= 4 is 0 Å². The van der Waals surface area contributed by atoms with Gasteiger partial charge in [0.1, 0.15) is 6.10 Å². The average molecular weight is 255 g/mol. The molecule has 2 aliphatic rings. The van der Waals surface area contributed by atoms with Crippen LogP contribution in [0.5, 0.6) is 0 Å². The van der Waals surface area contributed by atoms with E-state index in [4.69, 9.17) is 9.47 Å². The molecule has 2 heterocycles. The fourth-order valence-corrected chi connectivity index (χ4v) is 2.93. The summed E-state index contributed by atoms with van der Waals surface area (Å²) in [4.78, 5) is 2.30. The van der Waals surface area contributed by atoms with Gasteiger partial charge in [0, 0.05) is 12.6 Å². The maximum atomic E-state index is 10.5. The van der Waals surface area contributed by atoms with Crippen LogP contribution >= 0.6 is 0 Å². The molecule has 0 saturated carbocycles. The monoisotopic (exact) mass is 255 g/mol. The van der Waals surface area contributed by atoms with Crippen LogP contribution in [0.3, 0.4) is 0 Å². The van der Waals surface area contributed by atoms with E-state index in [1.54, 1.807) is 0 Å². The number of aliphatic hydroxyl groups is 1. The van der Waals surface area contributed by atoms with Crippen molar-refractivity contribution in [2.24, 2.45) is 0 Å². The Balaban J connectivity index is 1.97. The minimum Gasteiger partial charge on any atom is -0.389 e. The van der Waals surface area contributed by atoms with Crippen LogP contribution in [0, 0.1) is 0 Å². The van der Waals surface area contributed by atoms with Crippen molar-refractivity contribution in [3.63, 3.8) is 0 Å². The lowest BCUT2D eigenvalue weighted by Crippen LogP contribution is -2.51. The number of rotatable bonds is 4. The summed E-state index contributed by atoms with van der Waals surface area (Å²) >= 11 is 0. The van der Waals surface area contributed by atoms with Crippen LogP contribution in [0.1, 0.15) is 33.1 Å². The zero-order valence-corrected chi connectivity index (χ0v) is 11.5. The summed E-state index contributed by atoms with van der Waals surface area (Å²) in [5, 5.41) is 10.5. The van der Waals surface area contributed by atoms with Crippen molar-refractivity contribution in [2.75, 3.05) is 19.7 Å². The van der Waals surface area contributed by atoms with Crippen LogP contribution in [0.15, 0.2) is 12.7 Å². The summed E-state index contributed by atoms with van der Waals surface area (Å²) < 4.78 is 11.3. The first kappa shape index (κ1) is 14.0. The Kier molecular flexibility index (Phi) is 4.43. The van der Waals surface area contributed by atoms with Gasteiger partial charge in [0.25, 0.3) is 0 Å². The molecule has 0 aliphatic carbocycles. The molecule has 0 radical (unpaired) electrons. The van der Waals surface area contributed by atoms with Gasteiger partial charge in [-0.2, -0.15) is 0 Å². The minimum atomic E-state index is -0.566. The smallest absolute Gasteiger partial charge is 0.163 e. The number of hydrogen-bond acceptors (Lipinski definition) is 4. The standard InChI is InChI=1S/C14H25NO3/c1-4-8-15-9-6-5-7-11(15)13(16)12-10-17-14(2,3)18-12/h4,11-13,16H,1,5-10H2,2-3H3. The van der Waals surface area contributed by atoms with Gasteiger partial charge in [-0.05, 0) is 33.2 Å². The highest BCUT2D eigenvalue weighted by Gasteiger charge is 2.41. The summed E-state index contributed by atoms with van der Waals surface area (Å²) in [5.41, 5.74) is 0. The lowest BCUT2D eigenvalue weighted by atomic mass is 9.94. The molecule has 1 N–H and O–H groups in total. The van der Waals surface area contributed by atoms with Crippen molar-refractivity contribution in [3.8, 4) is 0 Å². The first-order valence-corrected chi connectivity index (χ1v) is 6.88. The Labute approximate surface area is 110 Å². The number of ether oxygens (including phenoxy) is 2. The summed E-state index contributed by atoms with van der Waals surface area (Å²) in [6.45, 7) is 9.92. The first-order valence-electron chi connectivity index (χ1n) is 6.88. The molecule has 0 aromatic carbocycles. The summed E-state index contributed by atoms with van der Waals surface area (Å²) in [6, 6.07) is 0.166. The van der Waals surface area contributed by atoms with E-state index in [0.29, 0.717) is 6.61 Å². The second-order valence-corrected chi connectivity index (χ2v) is 5.70. The van der Waals surface area contributed by atoms with E-state index in [1.165, 1.54) is 12.8 Å². The second-order valence-electron chi connectivity index (χ2n) is 5.70. The zero-order chi connectivity index (χ0) is 13.2. The number of nitrogens with zero attached hydrogens (tertiary/aromatic N) is 1. The predicted molar refractivity (Wildman–Crippen MR) is 70.3 cm³/mol. The van der Waals surface area contributed by atoms with E-state index in [2.05, 4.69) is 11.5 Å². The molecule has 0 bridgehead atoms. The summed E-state index contributed by atoms with van der Waals surface area (Å²) in [6.07, 6.45) is 4.61. The topological polar surface area (TPSA) is 41.9 Å². The molecule has 0 aromatic heterocycles. The van der Waals surface area contributed by atoms with Crippen molar-refractivity contribution in [3.05, 3.63) is 12.7 Å². The molecular formula is C14H25NO3. The molecule has 2 aliphatic heterocycles. The number of piperidine rings is 1. The third-order valence-electron chi connectivity index (χ3n) is 3.83. The van der Waals surface area contributed by atoms with Gasteiger partial charge in [-0.25, -0.2) is 0 Å². The van der Waals surface area contributed by atoms with Crippen molar-refractivity contribution < 1.29 is 14.6 Å². The van der Waals surface area contributed by atoms with Gasteiger partial charge >= 0.3 is 0 Å². The van der Waals surface area contributed by atoms with Crippen LogP contribution in [0.25, 0.3) is 0 Å². The van der Waals surface area contributed by atoms with E-state index in [0.717, 1.165) is 19.5 Å². The fourth-order valence-electron chi connectivity index (χ4n) is 2.93. The number of likely N-dealkylation sites (tertiary alicyclic amines) is 1. The van der Waals surface area contributed by atoms with Gasteiger partial charge in [-0.1, -0.05) is 12.5 Å². The second kappa shape index (κ2) is 5.70. The van der Waals surface area contributed by atoms with Gasteiger partial charge in [0.05, 0.1) is 12.7 Å². The van der Waals surface area contributed by atoms with E-state index in [-0.39, 0.29) is 12.1 Å². The lowest BCUT2D eigenvalue weighted by molar-refractivity contribution is -0.157. The predicted octanol–water partition coefficient (Wildman–Crippen LogP) is 1.54. The summed E-state index contributed by atoms with van der Waals surface area (Å²) in [5.74, 6) is -0.566. The highest BCUT2D eigenvalue weighted by molar-refractivity contribution is 4.92. The molecule has 3 unspecified atom stereocenters. The molecule has 2 fully saturated rings. The molecule has 18 heavy (non-hydrogen) atoms. The Morgan fingerprint density at radius 2 is 2.28 bits per heavy atom. The molecule has 4 nitrogen and oxygen atoms in total. The Morgan fingerprint density at radius 1 is 1.50 bits per heavy atom. The van der Waals surface area contributed by atoms with Crippen molar-refractivity contribution in [1.82, 2.24) is 4.90 Å². The van der Waals surface area contributed by atoms with Gasteiger partial charge in [-0.15, -0.1) is 6.58 Å². The number of aliphatic hydroxyl groups excluding tert-OH is 1. The average Bonchev–Trinajstić information content (AvgIpc) is 2.70. The van der Waals surface area contributed by atoms with Crippen LogP contribution in [-0.4, -0.2) is 53.7 Å². The van der Waals surface area contributed by atoms with Crippen LogP contribution in [-0.2, 0) is 9.47 Å². The Hall–Kier alpha value is -0.420. The third kappa shape index (κ3) is 3.12. The van der Waals surface area contributed by atoms with Gasteiger partial charge in [0.2, 0.25) is 0 Å². The van der Waals surface area contributed by atoms with E-state index >= 15 is 0 Å². The Morgan fingerprint density at radius 3 is 2.89 bits per heavy atom. The largest absolute Gasteiger partial charge is 0.389 e. The van der Waals surface area contributed by atoms with Crippen molar-refractivity contribution in [2.45, 2.75) is 57.1 Å². The number of hydrogen-bond donors (Lipinski definition) is 1. The van der Waals surface area contributed by atoms with Crippen LogP contribution in [0.2, 0.25) is 0 Å². The SMILES string of the molecule is C=CCN1CCCCC1C(O)C1COC(C)(C)O1. The molecule has 3 atom stereocenters. The summed E-state index contributed by atoms with van der Waals surface area (Å²) in [7, 11) is 0. The van der Waals surface area contributed by atoms with Gasteiger partial charge < -0.3 is 14.6 Å². The Bertz CT molecular complexity index is 293. The maximum Gasteiger partial charge on any atom is 0.163 e. The highest BCUT2D eigenvalue weighted by atomic mass is 16.7. The van der Waals surface area contributed by atoms with Gasteiger partial charge in [-0.3, -0.25) is 4.90 Å². The molecule has 4 heteroatoms. The molecule has 0 amide bonds. The molecular weight excluding hydrogens is 230 g/mol. The molecule has 2 rings (SSSR count). The third-order valence-corrected chi connectivity index (χ3v) is 3.83. The van der Waals surface area contributed by atoms with E-state index in [9.17, 15) is 5.11 Å². The first-order chi connectivity index (χ1) is 8.53. The van der Waals surface area contributed by atoms with Gasteiger partial charge in [0.15, 0.2) is 5.79 Å². The highest BCUT2D eigenvalue weighted by Crippen LogP contribution is 2.29. The molecule has 0 aromatic rings. The zero-order valence-electron chi connectivity index (χ0n) is 11.5. The molecule has 0 spiro atoms. The molecule has 104 valence electrons.